The molecular formula is C15H19Cl2N3. The fraction of sp³-hybridized carbons (Fsp3) is 0.400. The van der Waals surface area contributed by atoms with Crippen molar-refractivity contribution < 1.29 is 0 Å². The number of nitrogens with zero attached hydrogens (tertiary/aromatic N) is 2. The van der Waals surface area contributed by atoms with E-state index in [2.05, 4.69) is 24.3 Å². The van der Waals surface area contributed by atoms with Crippen molar-refractivity contribution in [2.75, 3.05) is 11.9 Å². The molecule has 1 aromatic heterocycles. The van der Waals surface area contributed by atoms with Crippen LogP contribution in [0.5, 0.6) is 0 Å². The molecule has 3 nitrogen and oxygen atoms in total. The number of halogens is 2. The van der Waals surface area contributed by atoms with Gasteiger partial charge in [0.2, 0.25) is 0 Å². The monoisotopic (exact) mass is 311 g/mol. The van der Waals surface area contributed by atoms with Crippen LogP contribution in [0.15, 0.2) is 18.2 Å². The van der Waals surface area contributed by atoms with Crippen LogP contribution in [0.4, 0.5) is 5.82 Å². The Morgan fingerprint density at radius 1 is 1.30 bits per heavy atom. The Morgan fingerprint density at radius 2 is 2.00 bits per heavy atom. The van der Waals surface area contributed by atoms with Gasteiger partial charge in [0.25, 0.3) is 0 Å². The van der Waals surface area contributed by atoms with Crippen LogP contribution in [-0.2, 0) is 7.05 Å². The van der Waals surface area contributed by atoms with Crippen LogP contribution in [0.1, 0.15) is 19.5 Å². The summed E-state index contributed by atoms with van der Waals surface area (Å²) in [5, 5.41) is 9.22. The number of aryl methyl sites for hydroxylation is 2. The zero-order valence-electron chi connectivity index (χ0n) is 12.2. The van der Waals surface area contributed by atoms with E-state index in [1.54, 1.807) is 6.07 Å². The summed E-state index contributed by atoms with van der Waals surface area (Å²) in [5.74, 6) is 1.54. The van der Waals surface area contributed by atoms with Gasteiger partial charge in [-0.3, -0.25) is 4.68 Å². The van der Waals surface area contributed by atoms with E-state index in [9.17, 15) is 0 Å². The minimum Gasteiger partial charge on any atom is -0.370 e. The van der Waals surface area contributed by atoms with Crippen LogP contribution in [-0.4, -0.2) is 16.3 Å². The molecule has 0 saturated carbocycles. The summed E-state index contributed by atoms with van der Waals surface area (Å²) < 4.78 is 1.86. The molecule has 0 radical (unpaired) electrons. The predicted octanol–water partition coefficient (Wildman–Crippen LogP) is 4.77. The van der Waals surface area contributed by atoms with Gasteiger partial charge in [-0.2, -0.15) is 5.10 Å². The van der Waals surface area contributed by atoms with Gasteiger partial charge in [-0.25, -0.2) is 0 Å². The number of anilines is 1. The maximum absolute atomic E-state index is 6.33. The molecule has 108 valence electrons. The van der Waals surface area contributed by atoms with Gasteiger partial charge in [0.1, 0.15) is 5.82 Å². The second-order valence-electron chi connectivity index (χ2n) is 5.33. The number of nitrogens with one attached hydrogen (secondary N) is 1. The van der Waals surface area contributed by atoms with Gasteiger partial charge in [0.15, 0.2) is 0 Å². The molecule has 1 heterocycles. The molecule has 0 atom stereocenters. The van der Waals surface area contributed by atoms with Gasteiger partial charge in [-0.05, 0) is 25.0 Å². The summed E-state index contributed by atoms with van der Waals surface area (Å²) in [6, 6.07) is 5.55. The average molecular weight is 312 g/mol. The van der Waals surface area contributed by atoms with E-state index in [-0.39, 0.29) is 0 Å². The van der Waals surface area contributed by atoms with Gasteiger partial charge in [0, 0.05) is 29.7 Å². The molecule has 0 aliphatic carbocycles. The minimum absolute atomic E-state index is 0.554. The first-order chi connectivity index (χ1) is 9.40. The number of benzene rings is 1. The lowest BCUT2D eigenvalue weighted by molar-refractivity contribution is 0.675. The van der Waals surface area contributed by atoms with Gasteiger partial charge in [-0.1, -0.05) is 43.1 Å². The van der Waals surface area contributed by atoms with E-state index in [1.165, 1.54) is 0 Å². The van der Waals surface area contributed by atoms with Crippen molar-refractivity contribution in [1.82, 2.24) is 9.78 Å². The van der Waals surface area contributed by atoms with Crippen LogP contribution >= 0.6 is 23.2 Å². The van der Waals surface area contributed by atoms with Gasteiger partial charge in [0.05, 0.1) is 10.7 Å². The lowest BCUT2D eigenvalue weighted by Crippen LogP contribution is -2.11. The zero-order valence-corrected chi connectivity index (χ0v) is 13.7. The number of rotatable bonds is 4. The number of hydrogen-bond acceptors (Lipinski definition) is 2. The van der Waals surface area contributed by atoms with Gasteiger partial charge < -0.3 is 5.32 Å². The van der Waals surface area contributed by atoms with Crippen molar-refractivity contribution in [2.45, 2.75) is 20.8 Å². The fourth-order valence-corrected chi connectivity index (χ4v) is 2.68. The first-order valence-corrected chi connectivity index (χ1v) is 7.38. The van der Waals surface area contributed by atoms with Gasteiger partial charge in [-0.15, -0.1) is 0 Å². The topological polar surface area (TPSA) is 29.9 Å². The quantitative estimate of drug-likeness (QED) is 0.881. The number of hydrogen-bond donors (Lipinski definition) is 1. The molecule has 0 bridgehead atoms. The summed E-state index contributed by atoms with van der Waals surface area (Å²) >= 11 is 12.3. The lowest BCUT2D eigenvalue weighted by atomic mass is 10.1. The highest BCUT2D eigenvalue weighted by Gasteiger charge is 2.17. The Labute approximate surface area is 129 Å². The van der Waals surface area contributed by atoms with Gasteiger partial charge >= 0.3 is 0 Å². The summed E-state index contributed by atoms with van der Waals surface area (Å²) in [5.41, 5.74) is 2.94. The third kappa shape index (κ3) is 3.10. The maximum atomic E-state index is 6.33. The number of aromatic nitrogens is 2. The van der Waals surface area contributed by atoms with Crippen LogP contribution in [0.3, 0.4) is 0 Å². The highest BCUT2D eigenvalue weighted by atomic mass is 35.5. The third-order valence-electron chi connectivity index (χ3n) is 3.10. The van der Waals surface area contributed by atoms with Crippen LogP contribution < -0.4 is 5.32 Å². The average Bonchev–Trinajstić information content (AvgIpc) is 2.61. The zero-order chi connectivity index (χ0) is 14.9. The molecule has 0 saturated heterocycles. The fourth-order valence-electron chi connectivity index (χ4n) is 2.18. The second kappa shape index (κ2) is 6.06. The summed E-state index contributed by atoms with van der Waals surface area (Å²) in [6.07, 6.45) is 0. The SMILES string of the molecule is Cc1nn(C)c(NCC(C)C)c1-c1ccc(Cl)cc1Cl. The van der Waals surface area contributed by atoms with Crippen molar-refractivity contribution in [3.05, 3.63) is 33.9 Å². The maximum Gasteiger partial charge on any atom is 0.132 e. The Bertz CT molecular complexity index is 618. The van der Waals surface area contributed by atoms with Crippen molar-refractivity contribution in [1.29, 1.82) is 0 Å². The Hall–Kier alpha value is -1.19. The lowest BCUT2D eigenvalue weighted by Gasteiger charge is -2.13. The molecule has 1 aromatic carbocycles. The molecule has 0 spiro atoms. The standard InChI is InChI=1S/C15H19Cl2N3/c1-9(2)8-18-15-14(10(3)19-20(15)4)12-6-5-11(16)7-13(12)17/h5-7,9,18H,8H2,1-4H3. The van der Waals surface area contributed by atoms with E-state index in [0.717, 1.165) is 29.2 Å². The largest absolute Gasteiger partial charge is 0.370 e. The molecular weight excluding hydrogens is 293 g/mol. The summed E-state index contributed by atoms with van der Waals surface area (Å²) in [7, 11) is 1.93. The molecule has 1 N–H and O–H groups in total. The van der Waals surface area contributed by atoms with E-state index in [1.807, 2.05) is 30.8 Å². The van der Waals surface area contributed by atoms with E-state index in [0.29, 0.717) is 16.0 Å². The van der Waals surface area contributed by atoms with E-state index >= 15 is 0 Å². The second-order valence-corrected chi connectivity index (χ2v) is 6.18. The molecule has 0 fully saturated rings. The molecule has 0 amide bonds. The first kappa shape index (κ1) is 15.2. The van der Waals surface area contributed by atoms with E-state index in [4.69, 9.17) is 23.2 Å². The molecule has 5 heteroatoms. The van der Waals surface area contributed by atoms with Crippen molar-refractivity contribution in [3.63, 3.8) is 0 Å². The molecule has 20 heavy (non-hydrogen) atoms. The molecule has 0 unspecified atom stereocenters. The molecule has 0 aliphatic heterocycles. The summed E-state index contributed by atoms with van der Waals surface area (Å²) in [6.45, 7) is 7.22. The predicted molar refractivity (Wildman–Crippen MR) is 86.7 cm³/mol. The smallest absolute Gasteiger partial charge is 0.132 e. The van der Waals surface area contributed by atoms with Crippen LogP contribution in [0, 0.1) is 12.8 Å². The summed E-state index contributed by atoms with van der Waals surface area (Å²) in [4.78, 5) is 0. The third-order valence-corrected chi connectivity index (χ3v) is 3.65. The Morgan fingerprint density at radius 3 is 2.60 bits per heavy atom. The molecule has 2 rings (SSSR count). The van der Waals surface area contributed by atoms with E-state index < -0.39 is 0 Å². The van der Waals surface area contributed by atoms with Crippen LogP contribution in [0.25, 0.3) is 11.1 Å². The van der Waals surface area contributed by atoms with Crippen molar-refractivity contribution in [3.8, 4) is 11.1 Å². The molecule has 0 aliphatic rings. The Balaban J connectivity index is 2.49. The minimum atomic E-state index is 0.554. The normalized spacial score (nSPS) is 11.2. The van der Waals surface area contributed by atoms with Crippen molar-refractivity contribution >= 4 is 29.0 Å². The molecule has 2 aromatic rings. The Kier molecular flexibility index (Phi) is 4.61. The van der Waals surface area contributed by atoms with Crippen molar-refractivity contribution in [2.24, 2.45) is 13.0 Å². The highest BCUT2D eigenvalue weighted by molar-refractivity contribution is 6.36. The first-order valence-electron chi connectivity index (χ1n) is 6.63. The highest BCUT2D eigenvalue weighted by Crippen LogP contribution is 2.37. The van der Waals surface area contributed by atoms with Crippen LogP contribution in [0.2, 0.25) is 10.0 Å².